The minimum absolute atomic E-state index is 0.234. The van der Waals surface area contributed by atoms with Gasteiger partial charge in [0.25, 0.3) is 0 Å². The Morgan fingerprint density at radius 3 is 2.55 bits per heavy atom. The maximum atomic E-state index is 11.8. The van der Waals surface area contributed by atoms with Crippen molar-refractivity contribution < 1.29 is 9.59 Å². The number of nitriles is 1. The highest BCUT2D eigenvalue weighted by Crippen LogP contribution is 2.06. The van der Waals surface area contributed by atoms with E-state index in [1.54, 1.807) is 6.92 Å². The van der Waals surface area contributed by atoms with Crippen LogP contribution in [0.4, 0.5) is 0 Å². The molecular weight excluding hydrogens is 254 g/mol. The van der Waals surface area contributed by atoms with E-state index >= 15 is 0 Å². The highest BCUT2D eigenvalue weighted by Gasteiger charge is 2.20. The molecule has 0 aliphatic rings. The number of carbonyl (C=O) groups is 2. The molecule has 0 fully saturated rings. The second-order valence-electron chi connectivity index (χ2n) is 4.77. The average Bonchev–Trinajstić information content (AvgIpc) is 2.45. The predicted molar refractivity (Wildman–Crippen MR) is 75.3 cm³/mol. The molecule has 2 amide bonds. The van der Waals surface area contributed by atoms with Gasteiger partial charge in [0.2, 0.25) is 11.8 Å². The number of aryl methyl sites for hydroxylation is 1. The van der Waals surface area contributed by atoms with E-state index in [9.17, 15) is 9.59 Å². The summed E-state index contributed by atoms with van der Waals surface area (Å²) in [4.78, 5) is 23.1. The predicted octanol–water partition coefficient (Wildman–Crippen LogP) is 1.14. The standard InChI is InChI=1S/C15H19N3O2/c1-11(10-16)9-13(15(17)20)18-14(19)8-7-12-5-3-2-4-6-12/h2-6,11,13H,7-9H2,1H3,(H2,17,20)(H,18,19)/t11-,13-/m0/s1. The number of benzene rings is 1. The van der Waals surface area contributed by atoms with Crippen LogP contribution < -0.4 is 11.1 Å². The summed E-state index contributed by atoms with van der Waals surface area (Å²) in [6.07, 6.45) is 1.13. The summed E-state index contributed by atoms with van der Waals surface area (Å²) in [7, 11) is 0. The van der Waals surface area contributed by atoms with Crippen LogP contribution in [0.2, 0.25) is 0 Å². The van der Waals surface area contributed by atoms with Crippen LogP contribution in [-0.2, 0) is 16.0 Å². The third-order valence-electron chi connectivity index (χ3n) is 2.97. The zero-order chi connectivity index (χ0) is 15.0. The van der Waals surface area contributed by atoms with Gasteiger partial charge in [-0.25, -0.2) is 0 Å². The number of hydrogen-bond acceptors (Lipinski definition) is 3. The smallest absolute Gasteiger partial charge is 0.240 e. The second kappa shape index (κ2) is 7.95. The van der Waals surface area contributed by atoms with E-state index in [2.05, 4.69) is 5.32 Å². The summed E-state index contributed by atoms with van der Waals surface area (Å²) in [6, 6.07) is 10.9. The Kier molecular flexibility index (Phi) is 6.24. The van der Waals surface area contributed by atoms with Crippen LogP contribution in [0.25, 0.3) is 0 Å². The zero-order valence-corrected chi connectivity index (χ0v) is 11.5. The largest absolute Gasteiger partial charge is 0.368 e. The maximum absolute atomic E-state index is 11.8. The van der Waals surface area contributed by atoms with Crippen molar-refractivity contribution in [2.24, 2.45) is 11.7 Å². The molecule has 0 saturated heterocycles. The van der Waals surface area contributed by atoms with E-state index in [1.165, 1.54) is 0 Å². The highest BCUT2D eigenvalue weighted by atomic mass is 16.2. The summed E-state index contributed by atoms with van der Waals surface area (Å²) >= 11 is 0. The van der Waals surface area contributed by atoms with Gasteiger partial charge in [-0.2, -0.15) is 5.26 Å². The van der Waals surface area contributed by atoms with Crippen molar-refractivity contribution in [1.29, 1.82) is 5.26 Å². The fourth-order valence-electron chi connectivity index (χ4n) is 1.82. The lowest BCUT2D eigenvalue weighted by atomic mass is 10.0. The first kappa shape index (κ1) is 15.7. The van der Waals surface area contributed by atoms with Crippen LogP contribution >= 0.6 is 0 Å². The van der Waals surface area contributed by atoms with Crippen molar-refractivity contribution in [2.45, 2.75) is 32.2 Å². The summed E-state index contributed by atoms with van der Waals surface area (Å²) < 4.78 is 0. The van der Waals surface area contributed by atoms with Crippen molar-refractivity contribution in [2.75, 3.05) is 0 Å². The highest BCUT2D eigenvalue weighted by molar-refractivity contribution is 5.86. The number of nitrogens with zero attached hydrogens (tertiary/aromatic N) is 1. The normalized spacial score (nSPS) is 13.0. The first-order chi connectivity index (χ1) is 9.52. The van der Waals surface area contributed by atoms with Gasteiger partial charge in [0.15, 0.2) is 0 Å². The number of rotatable bonds is 7. The number of hydrogen-bond donors (Lipinski definition) is 2. The SMILES string of the molecule is C[C@H](C#N)C[C@H](NC(=O)CCc1ccccc1)C(N)=O. The van der Waals surface area contributed by atoms with Crippen LogP contribution in [-0.4, -0.2) is 17.9 Å². The zero-order valence-electron chi connectivity index (χ0n) is 11.5. The minimum atomic E-state index is -0.784. The number of nitrogens with two attached hydrogens (primary N) is 1. The Hall–Kier alpha value is -2.35. The van der Waals surface area contributed by atoms with Gasteiger partial charge < -0.3 is 11.1 Å². The fourth-order valence-corrected chi connectivity index (χ4v) is 1.82. The summed E-state index contributed by atoms with van der Waals surface area (Å²) in [5, 5.41) is 11.3. The molecule has 0 radical (unpaired) electrons. The Morgan fingerprint density at radius 2 is 2.00 bits per heavy atom. The van der Waals surface area contributed by atoms with Gasteiger partial charge in [-0.3, -0.25) is 9.59 Å². The van der Waals surface area contributed by atoms with Gasteiger partial charge in [-0.15, -0.1) is 0 Å². The lowest BCUT2D eigenvalue weighted by Gasteiger charge is -2.16. The number of carbonyl (C=O) groups excluding carboxylic acids is 2. The molecule has 0 aliphatic carbocycles. The van der Waals surface area contributed by atoms with Crippen LogP contribution in [0.1, 0.15) is 25.3 Å². The molecule has 5 heteroatoms. The summed E-state index contributed by atoms with van der Waals surface area (Å²) in [5.41, 5.74) is 6.29. The van der Waals surface area contributed by atoms with E-state index in [-0.39, 0.29) is 24.7 Å². The molecule has 0 bridgehead atoms. The molecule has 3 N–H and O–H groups in total. The molecule has 2 atom stereocenters. The topological polar surface area (TPSA) is 96.0 Å². The molecule has 20 heavy (non-hydrogen) atoms. The molecular formula is C15H19N3O2. The van der Waals surface area contributed by atoms with Crippen molar-refractivity contribution in [3.8, 4) is 6.07 Å². The molecule has 1 aromatic carbocycles. The molecule has 106 valence electrons. The van der Waals surface area contributed by atoms with Crippen molar-refractivity contribution in [3.05, 3.63) is 35.9 Å². The molecule has 5 nitrogen and oxygen atoms in total. The lowest BCUT2D eigenvalue weighted by molar-refractivity contribution is -0.127. The molecule has 0 heterocycles. The van der Waals surface area contributed by atoms with Crippen molar-refractivity contribution in [3.63, 3.8) is 0 Å². The molecule has 0 unspecified atom stereocenters. The van der Waals surface area contributed by atoms with Crippen LogP contribution in [0, 0.1) is 17.2 Å². The third-order valence-corrected chi connectivity index (χ3v) is 2.97. The molecule has 0 aliphatic heterocycles. The number of primary amides is 1. The quantitative estimate of drug-likeness (QED) is 0.779. The van der Waals surface area contributed by atoms with Crippen molar-refractivity contribution in [1.82, 2.24) is 5.32 Å². The average molecular weight is 273 g/mol. The van der Waals surface area contributed by atoms with Crippen LogP contribution in [0.15, 0.2) is 30.3 Å². The maximum Gasteiger partial charge on any atom is 0.240 e. The van der Waals surface area contributed by atoms with Gasteiger partial charge in [-0.1, -0.05) is 30.3 Å². The fraction of sp³-hybridized carbons (Fsp3) is 0.400. The van der Waals surface area contributed by atoms with Gasteiger partial charge in [0.05, 0.1) is 6.07 Å². The van der Waals surface area contributed by atoms with E-state index < -0.39 is 11.9 Å². The minimum Gasteiger partial charge on any atom is -0.368 e. The second-order valence-corrected chi connectivity index (χ2v) is 4.77. The monoisotopic (exact) mass is 273 g/mol. The van der Waals surface area contributed by atoms with Crippen molar-refractivity contribution >= 4 is 11.8 Å². The Balaban J connectivity index is 2.46. The van der Waals surface area contributed by atoms with Gasteiger partial charge in [-0.05, 0) is 25.3 Å². The summed E-state index contributed by atoms with van der Waals surface area (Å²) in [5.74, 6) is -1.18. The molecule has 1 aromatic rings. The first-order valence-corrected chi connectivity index (χ1v) is 6.55. The lowest BCUT2D eigenvalue weighted by Crippen LogP contribution is -2.45. The van der Waals surface area contributed by atoms with E-state index in [0.717, 1.165) is 5.56 Å². The first-order valence-electron chi connectivity index (χ1n) is 6.55. The third kappa shape index (κ3) is 5.53. The van der Waals surface area contributed by atoms with Crippen LogP contribution in [0.3, 0.4) is 0 Å². The molecule has 0 spiro atoms. The van der Waals surface area contributed by atoms with E-state index in [1.807, 2.05) is 36.4 Å². The molecule has 0 aromatic heterocycles. The van der Waals surface area contributed by atoms with Crippen LogP contribution in [0.5, 0.6) is 0 Å². The van der Waals surface area contributed by atoms with Gasteiger partial charge in [0, 0.05) is 12.3 Å². The van der Waals surface area contributed by atoms with E-state index in [4.69, 9.17) is 11.0 Å². The van der Waals surface area contributed by atoms with Gasteiger partial charge in [0.1, 0.15) is 6.04 Å². The number of nitrogens with one attached hydrogen (secondary N) is 1. The Morgan fingerprint density at radius 1 is 1.35 bits per heavy atom. The Labute approximate surface area is 118 Å². The molecule has 1 rings (SSSR count). The van der Waals surface area contributed by atoms with E-state index in [0.29, 0.717) is 6.42 Å². The number of amides is 2. The van der Waals surface area contributed by atoms with Gasteiger partial charge >= 0.3 is 0 Å². The molecule has 0 saturated carbocycles. The Bertz CT molecular complexity index is 494. The summed E-state index contributed by atoms with van der Waals surface area (Å²) in [6.45, 7) is 1.69.